The second-order valence-corrected chi connectivity index (χ2v) is 6.30. The van der Waals surface area contributed by atoms with E-state index in [0.29, 0.717) is 25.9 Å². The van der Waals surface area contributed by atoms with Gasteiger partial charge < -0.3 is 15.0 Å². The molecule has 1 aromatic carbocycles. The molecule has 0 aliphatic carbocycles. The summed E-state index contributed by atoms with van der Waals surface area (Å²) in [6, 6.07) is 7.83. The van der Waals surface area contributed by atoms with Crippen molar-refractivity contribution >= 4 is 11.8 Å². The van der Waals surface area contributed by atoms with Crippen molar-refractivity contribution in [3.63, 3.8) is 0 Å². The topological polar surface area (TPSA) is 58.6 Å². The van der Waals surface area contributed by atoms with Crippen LogP contribution in [0.2, 0.25) is 0 Å². The summed E-state index contributed by atoms with van der Waals surface area (Å²) in [5, 5.41) is 2.95. The minimum atomic E-state index is 0.0546. The van der Waals surface area contributed by atoms with Crippen molar-refractivity contribution in [1.29, 1.82) is 0 Å². The molecule has 1 saturated heterocycles. The standard InChI is InChI=1S/C19H28N2O3/c1-3-11-20-19(23)16-9-12-21(13-10-16)18(22)8-7-15-5-4-6-17(14-15)24-2/h4-6,14,16H,3,7-13H2,1-2H3,(H,20,23). The van der Waals surface area contributed by atoms with Gasteiger partial charge in [-0.1, -0.05) is 19.1 Å². The molecule has 1 aliphatic rings. The molecule has 1 heterocycles. The molecule has 0 unspecified atom stereocenters. The van der Waals surface area contributed by atoms with Crippen LogP contribution in [-0.2, 0) is 16.0 Å². The van der Waals surface area contributed by atoms with Crippen LogP contribution in [0.25, 0.3) is 0 Å². The molecule has 5 nitrogen and oxygen atoms in total. The second kappa shape index (κ2) is 9.30. The van der Waals surface area contributed by atoms with Crippen LogP contribution >= 0.6 is 0 Å². The number of aryl methyl sites for hydroxylation is 1. The van der Waals surface area contributed by atoms with Gasteiger partial charge in [-0.05, 0) is 43.4 Å². The second-order valence-electron chi connectivity index (χ2n) is 6.30. The number of nitrogens with one attached hydrogen (secondary N) is 1. The maximum Gasteiger partial charge on any atom is 0.223 e. The summed E-state index contributed by atoms with van der Waals surface area (Å²) in [4.78, 5) is 26.2. The molecule has 24 heavy (non-hydrogen) atoms. The van der Waals surface area contributed by atoms with Crippen LogP contribution in [0.15, 0.2) is 24.3 Å². The van der Waals surface area contributed by atoms with Crippen LogP contribution in [0.5, 0.6) is 5.75 Å². The first-order valence-corrected chi connectivity index (χ1v) is 8.82. The van der Waals surface area contributed by atoms with Crippen molar-refractivity contribution in [2.75, 3.05) is 26.7 Å². The Balaban J connectivity index is 1.75. The minimum absolute atomic E-state index is 0.0546. The van der Waals surface area contributed by atoms with E-state index in [9.17, 15) is 9.59 Å². The summed E-state index contributed by atoms with van der Waals surface area (Å²) in [5.74, 6) is 1.18. The van der Waals surface area contributed by atoms with Gasteiger partial charge in [0.15, 0.2) is 0 Å². The zero-order valence-electron chi connectivity index (χ0n) is 14.7. The van der Waals surface area contributed by atoms with E-state index in [1.807, 2.05) is 36.1 Å². The predicted molar refractivity (Wildman–Crippen MR) is 93.9 cm³/mol. The monoisotopic (exact) mass is 332 g/mol. The minimum Gasteiger partial charge on any atom is -0.497 e. The molecule has 1 N–H and O–H groups in total. The molecule has 0 aromatic heterocycles. The van der Waals surface area contributed by atoms with E-state index in [1.165, 1.54) is 0 Å². The van der Waals surface area contributed by atoms with Crippen LogP contribution < -0.4 is 10.1 Å². The van der Waals surface area contributed by atoms with Gasteiger partial charge in [0.05, 0.1) is 7.11 Å². The van der Waals surface area contributed by atoms with Crippen molar-refractivity contribution in [2.45, 2.75) is 39.0 Å². The van der Waals surface area contributed by atoms with Gasteiger partial charge in [0.2, 0.25) is 11.8 Å². The van der Waals surface area contributed by atoms with E-state index in [2.05, 4.69) is 5.32 Å². The van der Waals surface area contributed by atoms with Gasteiger partial charge in [-0.2, -0.15) is 0 Å². The molecule has 5 heteroatoms. The Hall–Kier alpha value is -2.04. The molecule has 1 aromatic rings. The summed E-state index contributed by atoms with van der Waals surface area (Å²) in [5.41, 5.74) is 1.11. The van der Waals surface area contributed by atoms with E-state index >= 15 is 0 Å². The lowest BCUT2D eigenvalue weighted by Gasteiger charge is -2.31. The lowest BCUT2D eigenvalue weighted by Crippen LogP contribution is -2.43. The van der Waals surface area contributed by atoms with E-state index in [-0.39, 0.29) is 17.7 Å². The average molecular weight is 332 g/mol. The third-order valence-electron chi connectivity index (χ3n) is 4.53. The summed E-state index contributed by atoms with van der Waals surface area (Å²) < 4.78 is 5.21. The lowest BCUT2D eigenvalue weighted by molar-refractivity contribution is -0.135. The first kappa shape index (κ1) is 18.3. The maximum absolute atomic E-state index is 12.4. The molecule has 1 aliphatic heterocycles. The number of hydrogen-bond donors (Lipinski definition) is 1. The zero-order chi connectivity index (χ0) is 17.4. The van der Waals surface area contributed by atoms with Crippen LogP contribution in [0, 0.1) is 5.92 Å². The van der Waals surface area contributed by atoms with Crippen LogP contribution in [0.4, 0.5) is 0 Å². The number of piperidine rings is 1. The third-order valence-corrected chi connectivity index (χ3v) is 4.53. The molecule has 0 bridgehead atoms. The zero-order valence-corrected chi connectivity index (χ0v) is 14.7. The van der Waals surface area contributed by atoms with Gasteiger partial charge in [-0.25, -0.2) is 0 Å². The maximum atomic E-state index is 12.4. The number of ether oxygens (including phenoxy) is 1. The highest BCUT2D eigenvalue weighted by molar-refractivity contribution is 5.80. The number of likely N-dealkylation sites (tertiary alicyclic amines) is 1. The first-order chi connectivity index (χ1) is 11.6. The van der Waals surface area contributed by atoms with E-state index in [1.54, 1.807) is 7.11 Å². The number of amides is 2. The Kier molecular flexibility index (Phi) is 7.09. The summed E-state index contributed by atoms with van der Waals surface area (Å²) in [6.45, 7) is 4.14. The van der Waals surface area contributed by atoms with Gasteiger partial charge in [0.25, 0.3) is 0 Å². The number of carbonyl (C=O) groups excluding carboxylic acids is 2. The fourth-order valence-corrected chi connectivity index (χ4v) is 3.02. The number of rotatable bonds is 7. The van der Waals surface area contributed by atoms with Gasteiger partial charge in [-0.15, -0.1) is 0 Å². The van der Waals surface area contributed by atoms with Crippen LogP contribution in [0.1, 0.15) is 38.2 Å². The van der Waals surface area contributed by atoms with Crippen LogP contribution in [-0.4, -0.2) is 43.5 Å². The summed E-state index contributed by atoms with van der Waals surface area (Å²) in [7, 11) is 1.64. The van der Waals surface area contributed by atoms with E-state index < -0.39 is 0 Å². The van der Waals surface area contributed by atoms with Gasteiger partial charge in [-0.3, -0.25) is 9.59 Å². The number of methoxy groups -OCH3 is 1. The van der Waals surface area contributed by atoms with Gasteiger partial charge >= 0.3 is 0 Å². The Bertz CT molecular complexity index is 551. The summed E-state index contributed by atoms with van der Waals surface area (Å²) >= 11 is 0. The average Bonchev–Trinajstić information content (AvgIpc) is 2.64. The smallest absolute Gasteiger partial charge is 0.223 e. The highest BCUT2D eigenvalue weighted by Crippen LogP contribution is 2.19. The molecule has 2 amide bonds. The Morgan fingerprint density at radius 3 is 2.71 bits per heavy atom. The molecule has 2 rings (SSSR count). The van der Waals surface area contributed by atoms with Crippen molar-refractivity contribution in [2.24, 2.45) is 5.92 Å². The Labute approximate surface area is 144 Å². The van der Waals surface area contributed by atoms with Crippen molar-refractivity contribution < 1.29 is 14.3 Å². The van der Waals surface area contributed by atoms with Crippen molar-refractivity contribution in [1.82, 2.24) is 10.2 Å². The fraction of sp³-hybridized carbons (Fsp3) is 0.579. The summed E-state index contributed by atoms with van der Waals surface area (Å²) in [6.07, 6.45) is 3.70. The number of carbonyl (C=O) groups is 2. The van der Waals surface area contributed by atoms with Gasteiger partial charge in [0.1, 0.15) is 5.75 Å². The molecule has 0 atom stereocenters. The Morgan fingerprint density at radius 2 is 2.04 bits per heavy atom. The first-order valence-electron chi connectivity index (χ1n) is 8.82. The quantitative estimate of drug-likeness (QED) is 0.834. The molecule has 0 saturated carbocycles. The SMILES string of the molecule is CCCNC(=O)C1CCN(C(=O)CCc2cccc(OC)c2)CC1. The molecule has 132 valence electrons. The van der Waals surface area contributed by atoms with Crippen molar-refractivity contribution in [3.05, 3.63) is 29.8 Å². The number of hydrogen-bond acceptors (Lipinski definition) is 3. The highest BCUT2D eigenvalue weighted by Gasteiger charge is 2.26. The lowest BCUT2D eigenvalue weighted by atomic mass is 9.95. The van der Waals surface area contributed by atoms with E-state index in [0.717, 1.165) is 37.1 Å². The van der Waals surface area contributed by atoms with Crippen molar-refractivity contribution in [3.8, 4) is 5.75 Å². The fourth-order valence-electron chi connectivity index (χ4n) is 3.02. The number of benzene rings is 1. The largest absolute Gasteiger partial charge is 0.497 e. The van der Waals surface area contributed by atoms with Gasteiger partial charge in [0, 0.05) is 32.0 Å². The third kappa shape index (κ3) is 5.25. The molecule has 0 spiro atoms. The normalized spacial score (nSPS) is 15.2. The number of nitrogens with zero attached hydrogens (tertiary/aromatic N) is 1. The molecule has 1 fully saturated rings. The molecular weight excluding hydrogens is 304 g/mol. The molecule has 0 radical (unpaired) electrons. The Morgan fingerprint density at radius 1 is 1.29 bits per heavy atom. The predicted octanol–water partition coefficient (Wildman–Crippen LogP) is 2.39. The highest BCUT2D eigenvalue weighted by atomic mass is 16.5. The van der Waals surface area contributed by atoms with E-state index in [4.69, 9.17) is 4.74 Å². The van der Waals surface area contributed by atoms with Crippen LogP contribution in [0.3, 0.4) is 0 Å². The molecular formula is C19H28N2O3.